The van der Waals surface area contributed by atoms with E-state index in [4.69, 9.17) is 20.8 Å². The van der Waals surface area contributed by atoms with Gasteiger partial charge in [-0.3, -0.25) is 14.9 Å². The minimum Gasteiger partial charge on any atom is -0.496 e. The van der Waals surface area contributed by atoms with E-state index in [1.54, 1.807) is 30.3 Å². The first-order valence-corrected chi connectivity index (χ1v) is 8.79. The van der Waals surface area contributed by atoms with Crippen LogP contribution in [0.3, 0.4) is 0 Å². The molecule has 29 heavy (non-hydrogen) atoms. The molecular formula is C20H16ClN3O5. The van der Waals surface area contributed by atoms with E-state index >= 15 is 0 Å². The first kappa shape index (κ1) is 20.1. The number of ether oxygens (including phenoxy) is 1. The molecule has 0 aliphatic rings. The van der Waals surface area contributed by atoms with Gasteiger partial charge in [-0.15, -0.1) is 0 Å². The van der Waals surface area contributed by atoms with E-state index in [9.17, 15) is 14.9 Å². The van der Waals surface area contributed by atoms with Gasteiger partial charge in [0.25, 0.3) is 11.6 Å². The molecule has 0 saturated heterocycles. The number of amides is 1. The molecule has 2 aromatic carbocycles. The van der Waals surface area contributed by atoms with E-state index < -0.39 is 10.8 Å². The van der Waals surface area contributed by atoms with Crippen LogP contribution in [0.4, 0.5) is 5.69 Å². The van der Waals surface area contributed by atoms with Crippen LogP contribution >= 0.6 is 11.6 Å². The Labute approximate surface area is 170 Å². The van der Waals surface area contributed by atoms with Gasteiger partial charge in [-0.1, -0.05) is 17.7 Å². The largest absolute Gasteiger partial charge is 0.496 e. The number of nitro benzene ring substituents is 1. The van der Waals surface area contributed by atoms with Crippen LogP contribution in [0.2, 0.25) is 5.02 Å². The number of rotatable bonds is 6. The molecule has 0 saturated carbocycles. The number of hydrogen-bond acceptors (Lipinski definition) is 6. The summed E-state index contributed by atoms with van der Waals surface area (Å²) in [5.74, 6) is 0.676. The highest BCUT2D eigenvalue weighted by Gasteiger charge is 2.14. The second-order valence-corrected chi connectivity index (χ2v) is 6.43. The summed E-state index contributed by atoms with van der Waals surface area (Å²) >= 11 is 6.11. The molecule has 1 amide bonds. The molecule has 9 heteroatoms. The van der Waals surface area contributed by atoms with Crippen molar-refractivity contribution >= 4 is 29.4 Å². The normalized spacial score (nSPS) is 10.9. The van der Waals surface area contributed by atoms with E-state index in [0.29, 0.717) is 33.4 Å². The van der Waals surface area contributed by atoms with Crippen molar-refractivity contribution in [3.63, 3.8) is 0 Å². The number of nitrogens with one attached hydrogen (secondary N) is 1. The monoisotopic (exact) mass is 413 g/mol. The number of nitro groups is 1. The first-order chi connectivity index (χ1) is 13.9. The number of halogens is 1. The minimum absolute atomic E-state index is 0.102. The zero-order valence-electron chi connectivity index (χ0n) is 15.5. The van der Waals surface area contributed by atoms with E-state index in [1.165, 1.54) is 31.5 Å². The lowest BCUT2D eigenvalue weighted by Gasteiger charge is -2.07. The average Bonchev–Trinajstić information content (AvgIpc) is 3.16. The molecule has 0 fully saturated rings. The molecule has 1 N–H and O–H groups in total. The van der Waals surface area contributed by atoms with Crippen molar-refractivity contribution in [2.45, 2.75) is 6.92 Å². The SMILES string of the molecule is COc1cc(C)ccc1C(=O)N/N=C\c1ccc(-c2cc([N+](=O)[O-])ccc2Cl)o1. The Morgan fingerprint density at radius 3 is 2.76 bits per heavy atom. The Kier molecular flexibility index (Phi) is 5.94. The molecule has 8 nitrogen and oxygen atoms in total. The Balaban J connectivity index is 1.74. The molecule has 3 aromatic rings. The van der Waals surface area contributed by atoms with Crippen molar-refractivity contribution in [1.82, 2.24) is 5.43 Å². The molecule has 1 aromatic heterocycles. The van der Waals surface area contributed by atoms with Gasteiger partial charge in [-0.2, -0.15) is 5.10 Å². The number of benzene rings is 2. The topological polar surface area (TPSA) is 107 Å². The number of nitrogens with zero attached hydrogens (tertiary/aromatic N) is 2. The maximum atomic E-state index is 12.3. The summed E-state index contributed by atoms with van der Waals surface area (Å²) in [6.07, 6.45) is 1.31. The minimum atomic E-state index is -0.514. The number of methoxy groups -OCH3 is 1. The van der Waals surface area contributed by atoms with Gasteiger partial charge in [0.15, 0.2) is 0 Å². The number of furan rings is 1. The Morgan fingerprint density at radius 2 is 2.03 bits per heavy atom. The lowest BCUT2D eigenvalue weighted by Crippen LogP contribution is -2.18. The summed E-state index contributed by atoms with van der Waals surface area (Å²) in [4.78, 5) is 22.7. The number of carbonyl (C=O) groups is 1. The Bertz CT molecular complexity index is 1110. The van der Waals surface area contributed by atoms with Crippen LogP contribution in [-0.4, -0.2) is 24.2 Å². The fourth-order valence-electron chi connectivity index (χ4n) is 2.58. The van der Waals surface area contributed by atoms with Gasteiger partial charge in [0.05, 0.1) is 28.8 Å². The third-order valence-electron chi connectivity index (χ3n) is 4.01. The molecule has 0 aliphatic heterocycles. The van der Waals surface area contributed by atoms with E-state index in [-0.39, 0.29) is 5.69 Å². The zero-order valence-corrected chi connectivity index (χ0v) is 16.3. The summed E-state index contributed by atoms with van der Waals surface area (Å²) < 4.78 is 10.8. The number of non-ortho nitro benzene ring substituents is 1. The third kappa shape index (κ3) is 4.61. The van der Waals surface area contributed by atoms with E-state index in [1.807, 2.05) is 6.92 Å². The first-order valence-electron chi connectivity index (χ1n) is 8.41. The van der Waals surface area contributed by atoms with Crippen molar-refractivity contribution < 1.29 is 18.9 Å². The van der Waals surface area contributed by atoms with Gasteiger partial charge in [-0.25, -0.2) is 5.43 Å². The second-order valence-electron chi connectivity index (χ2n) is 6.03. The van der Waals surface area contributed by atoms with Gasteiger partial charge in [0.2, 0.25) is 0 Å². The summed E-state index contributed by atoms with van der Waals surface area (Å²) in [6.45, 7) is 1.89. The molecule has 1 heterocycles. The number of hydrazone groups is 1. The van der Waals surface area contributed by atoms with Crippen molar-refractivity contribution in [3.05, 3.63) is 80.6 Å². The lowest BCUT2D eigenvalue weighted by molar-refractivity contribution is -0.384. The molecule has 0 aliphatic carbocycles. The van der Waals surface area contributed by atoms with Gasteiger partial charge < -0.3 is 9.15 Å². The molecule has 0 unspecified atom stereocenters. The Hall–Kier alpha value is -3.65. The maximum Gasteiger partial charge on any atom is 0.275 e. The standard InChI is InChI=1S/C20H16ClN3O5/c1-12-3-6-15(19(9-12)28-2)20(25)23-22-11-14-5-8-18(29-14)16-10-13(24(26)27)4-7-17(16)21/h3-11H,1-2H3,(H,23,25)/b22-11-. The van der Waals surface area contributed by atoms with E-state index in [0.717, 1.165) is 5.56 Å². The Morgan fingerprint density at radius 1 is 1.24 bits per heavy atom. The fourth-order valence-corrected chi connectivity index (χ4v) is 2.79. The third-order valence-corrected chi connectivity index (χ3v) is 4.34. The van der Waals surface area contributed by atoms with Crippen LogP contribution in [0.1, 0.15) is 21.7 Å². The summed E-state index contributed by atoms with van der Waals surface area (Å²) in [6, 6.07) is 12.5. The van der Waals surface area contributed by atoms with Crippen molar-refractivity contribution in [2.24, 2.45) is 5.10 Å². The van der Waals surface area contributed by atoms with Crippen molar-refractivity contribution in [1.29, 1.82) is 0 Å². The molecule has 148 valence electrons. The maximum absolute atomic E-state index is 12.3. The quantitative estimate of drug-likeness (QED) is 0.361. The highest BCUT2D eigenvalue weighted by atomic mass is 35.5. The van der Waals surface area contributed by atoms with Crippen LogP contribution in [0, 0.1) is 17.0 Å². The van der Waals surface area contributed by atoms with Crippen LogP contribution < -0.4 is 10.2 Å². The van der Waals surface area contributed by atoms with Crippen LogP contribution in [0.25, 0.3) is 11.3 Å². The van der Waals surface area contributed by atoms with Crippen LogP contribution in [0.15, 0.2) is 58.0 Å². The van der Waals surface area contributed by atoms with Gasteiger partial charge >= 0.3 is 0 Å². The molecule has 3 rings (SSSR count). The lowest BCUT2D eigenvalue weighted by atomic mass is 10.1. The molecule has 0 radical (unpaired) electrons. The van der Waals surface area contributed by atoms with Gasteiger partial charge in [-0.05, 0) is 42.8 Å². The van der Waals surface area contributed by atoms with Crippen LogP contribution in [0.5, 0.6) is 5.75 Å². The molecule has 0 bridgehead atoms. The second kappa shape index (κ2) is 8.57. The van der Waals surface area contributed by atoms with Crippen molar-refractivity contribution in [3.8, 4) is 17.1 Å². The average molecular weight is 414 g/mol. The summed E-state index contributed by atoms with van der Waals surface area (Å²) in [7, 11) is 1.48. The predicted octanol–water partition coefficient (Wildman–Crippen LogP) is 4.59. The van der Waals surface area contributed by atoms with E-state index in [2.05, 4.69) is 10.5 Å². The highest BCUT2D eigenvalue weighted by Crippen LogP contribution is 2.32. The van der Waals surface area contributed by atoms with Gasteiger partial charge in [0, 0.05) is 17.7 Å². The summed E-state index contributed by atoms with van der Waals surface area (Å²) in [5, 5.41) is 15.1. The molecule has 0 atom stereocenters. The van der Waals surface area contributed by atoms with Crippen molar-refractivity contribution in [2.75, 3.05) is 7.11 Å². The zero-order chi connectivity index (χ0) is 21.0. The smallest absolute Gasteiger partial charge is 0.275 e. The molecular weight excluding hydrogens is 398 g/mol. The predicted molar refractivity (Wildman–Crippen MR) is 109 cm³/mol. The van der Waals surface area contributed by atoms with Crippen LogP contribution in [-0.2, 0) is 0 Å². The summed E-state index contributed by atoms with van der Waals surface area (Å²) in [5.41, 5.74) is 3.99. The van der Waals surface area contributed by atoms with Gasteiger partial charge in [0.1, 0.15) is 17.3 Å². The number of carbonyl (C=O) groups excluding carboxylic acids is 1. The molecule has 0 spiro atoms. The number of aryl methyl sites for hydroxylation is 1. The number of hydrogen-bond donors (Lipinski definition) is 1. The fraction of sp³-hybridized carbons (Fsp3) is 0.100. The highest BCUT2D eigenvalue weighted by molar-refractivity contribution is 6.33.